The van der Waals surface area contributed by atoms with Gasteiger partial charge in [-0.15, -0.1) is 0 Å². The van der Waals surface area contributed by atoms with Crippen molar-refractivity contribution in [3.8, 4) is 6.07 Å². The van der Waals surface area contributed by atoms with Crippen LogP contribution in [0, 0.1) is 11.3 Å². The number of rotatable bonds is 5. The molecule has 0 aliphatic rings. The van der Waals surface area contributed by atoms with Crippen molar-refractivity contribution >= 4 is 0 Å². The Morgan fingerprint density at radius 3 is 2.93 bits per heavy atom. The molecule has 0 aliphatic carbocycles. The third kappa shape index (κ3) is 2.90. The van der Waals surface area contributed by atoms with Crippen molar-refractivity contribution < 1.29 is 4.42 Å². The van der Waals surface area contributed by atoms with Gasteiger partial charge in [-0.2, -0.15) is 5.26 Å². The molecule has 0 aromatic carbocycles. The topological polar surface area (TPSA) is 49.0 Å². The molecule has 0 fully saturated rings. The molecule has 0 saturated carbocycles. The Kier molecular flexibility index (Phi) is 4.21. The van der Waals surface area contributed by atoms with Gasteiger partial charge in [0.25, 0.3) is 0 Å². The summed E-state index contributed by atoms with van der Waals surface area (Å²) in [5, 5.41) is 12.0. The second-order valence-electron chi connectivity index (χ2n) is 3.41. The van der Waals surface area contributed by atoms with E-state index in [-0.39, 0.29) is 12.1 Å². The van der Waals surface area contributed by atoms with E-state index in [2.05, 4.69) is 25.2 Å². The van der Waals surface area contributed by atoms with E-state index in [9.17, 15) is 0 Å². The quantitative estimate of drug-likeness (QED) is 0.780. The first-order chi connectivity index (χ1) is 6.77. The molecule has 1 rings (SSSR count). The number of nitrogens with one attached hydrogen (secondary N) is 1. The first kappa shape index (κ1) is 10.8. The smallest absolute Gasteiger partial charge is 0.0950 e. The van der Waals surface area contributed by atoms with Crippen LogP contribution in [-0.4, -0.2) is 6.04 Å². The predicted molar refractivity (Wildman–Crippen MR) is 54.6 cm³/mol. The highest BCUT2D eigenvalue weighted by Gasteiger charge is 2.11. The standard InChI is InChI=1S/C11H16N2O/c1-3-11(4-6-12)13-9(2)10-5-7-14-8-10/h5,7-9,11,13H,3-4H2,1-2H3. The molecule has 1 aromatic heterocycles. The van der Waals surface area contributed by atoms with Crippen molar-refractivity contribution in [1.82, 2.24) is 5.32 Å². The first-order valence-corrected chi connectivity index (χ1v) is 4.93. The van der Waals surface area contributed by atoms with Gasteiger partial charge in [-0.05, 0) is 19.4 Å². The minimum Gasteiger partial charge on any atom is -0.472 e. The summed E-state index contributed by atoms with van der Waals surface area (Å²) in [7, 11) is 0. The van der Waals surface area contributed by atoms with Crippen LogP contribution in [0.1, 0.15) is 38.3 Å². The van der Waals surface area contributed by atoms with E-state index in [1.807, 2.05) is 6.07 Å². The van der Waals surface area contributed by atoms with E-state index in [1.54, 1.807) is 12.5 Å². The molecule has 0 radical (unpaired) electrons. The van der Waals surface area contributed by atoms with Crippen LogP contribution in [0.5, 0.6) is 0 Å². The Morgan fingerprint density at radius 1 is 1.64 bits per heavy atom. The van der Waals surface area contributed by atoms with Gasteiger partial charge in [-0.3, -0.25) is 0 Å². The third-order valence-electron chi connectivity index (χ3n) is 2.36. The van der Waals surface area contributed by atoms with Crippen LogP contribution < -0.4 is 5.32 Å². The number of hydrogen-bond donors (Lipinski definition) is 1. The van der Waals surface area contributed by atoms with Crippen LogP contribution in [0.2, 0.25) is 0 Å². The Hall–Kier alpha value is -1.27. The molecular weight excluding hydrogens is 176 g/mol. The van der Waals surface area contributed by atoms with Crippen LogP contribution in [0.25, 0.3) is 0 Å². The third-order valence-corrected chi connectivity index (χ3v) is 2.36. The van der Waals surface area contributed by atoms with E-state index in [1.165, 1.54) is 0 Å². The highest BCUT2D eigenvalue weighted by molar-refractivity contribution is 5.10. The fourth-order valence-electron chi connectivity index (χ4n) is 1.40. The summed E-state index contributed by atoms with van der Waals surface area (Å²) in [6.45, 7) is 4.15. The Balaban J connectivity index is 2.47. The molecule has 1 N–H and O–H groups in total. The van der Waals surface area contributed by atoms with Gasteiger partial charge in [0.2, 0.25) is 0 Å². The molecule has 14 heavy (non-hydrogen) atoms. The first-order valence-electron chi connectivity index (χ1n) is 4.93. The Morgan fingerprint density at radius 2 is 2.43 bits per heavy atom. The van der Waals surface area contributed by atoms with E-state index in [0.717, 1.165) is 12.0 Å². The summed E-state index contributed by atoms with van der Waals surface area (Å²) < 4.78 is 5.01. The van der Waals surface area contributed by atoms with E-state index in [0.29, 0.717) is 6.42 Å². The van der Waals surface area contributed by atoms with Gasteiger partial charge in [-0.1, -0.05) is 6.92 Å². The molecule has 2 unspecified atom stereocenters. The summed E-state index contributed by atoms with van der Waals surface area (Å²) in [6, 6.07) is 4.64. The maximum absolute atomic E-state index is 8.60. The lowest BCUT2D eigenvalue weighted by Crippen LogP contribution is -2.30. The largest absolute Gasteiger partial charge is 0.472 e. The highest BCUT2D eigenvalue weighted by atomic mass is 16.3. The van der Waals surface area contributed by atoms with Crippen molar-refractivity contribution in [3.05, 3.63) is 24.2 Å². The molecule has 3 nitrogen and oxygen atoms in total. The van der Waals surface area contributed by atoms with Crippen LogP contribution in [-0.2, 0) is 0 Å². The van der Waals surface area contributed by atoms with Gasteiger partial charge in [0.1, 0.15) is 0 Å². The molecule has 0 saturated heterocycles. The number of hydrogen-bond acceptors (Lipinski definition) is 3. The van der Waals surface area contributed by atoms with Crippen molar-refractivity contribution in [2.24, 2.45) is 0 Å². The van der Waals surface area contributed by atoms with Crippen LogP contribution in [0.15, 0.2) is 23.0 Å². The SMILES string of the molecule is CCC(CC#N)NC(C)c1ccoc1. The fraction of sp³-hybridized carbons (Fsp3) is 0.545. The van der Waals surface area contributed by atoms with Gasteiger partial charge in [-0.25, -0.2) is 0 Å². The second kappa shape index (κ2) is 5.46. The lowest BCUT2D eigenvalue weighted by Gasteiger charge is -2.18. The minimum absolute atomic E-state index is 0.243. The average molecular weight is 192 g/mol. The van der Waals surface area contributed by atoms with Gasteiger partial charge in [0.05, 0.1) is 25.0 Å². The van der Waals surface area contributed by atoms with Gasteiger partial charge in [0, 0.05) is 17.6 Å². The Labute approximate surface area is 84.7 Å². The molecule has 0 bridgehead atoms. The summed E-state index contributed by atoms with van der Waals surface area (Å²) >= 11 is 0. The number of furan rings is 1. The molecule has 0 aliphatic heterocycles. The monoisotopic (exact) mass is 192 g/mol. The highest BCUT2D eigenvalue weighted by Crippen LogP contribution is 2.14. The van der Waals surface area contributed by atoms with Crippen molar-refractivity contribution in [2.75, 3.05) is 0 Å². The number of nitriles is 1. The van der Waals surface area contributed by atoms with Gasteiger partial charge >= 0.3 is 0 Å². The van der Waals surface area contributed by atoms with Crippen LogP contribution in [0.4, 0.5) is 0 Å². The summed E-state index contributed by atoms with van der Waals surface area (Å²) in [5.41, 5.74) is 1.13. The molecule has 76 valence electrons. The van der Waals surface area contributed by atoms with E-state index < -0.39 is 0 Å². The Bertz CT molecular complexity index is 287. The zero-order valence-corrected chi connectivity index (χ0v) is 8.66. The normalized spacial score (nSPS) is 14.6. The second-order valence-corrected chi connectivity index (χ2v) is 3.41. The minimum atomic E-state index is 0.243. The summed E-state index contributed by atoms with van der Waals surface area (Å²) in [4.78, 5) is 0. The maximum Gasteiger partial charge on any atom is 0.0950 e. The maximum atomic E-state index is 8.60. The molecule has 3 heteroatoms. The van der Waals surface area contributed by atoms with Crippen molar-refractivity contribution in [2.45, 2.75) is 38.8 Å². The van der Waals surface area contributed by atoms with E-state index in [4.69, 9.17) is 9.68 Å². The molecule has 0 amide bonds. The van der Waals surface area contributed by atoms with Crippen LogP contribution >= 0.6 is 0 Å². The zero-order valence-electron chi connectivity index (χ0n) is 8.66. The molecular formula is C11H16N2O. The zero-order chi connectivity index (χ0) is 10.4. The molecule has 1 aromatic rings. The predicted octanol–water partition coefficient (Wildman–Crippen LogP) is 2.62. The summed E-state index contributed by atoms with van der Waals surface area (Å²) in [6.07, 6.45) is 4.92. The lowest BCUT2D eigenvalue weighted by atomic mass is 10.1. The van der Waals surface area contributed by atoms with Crippen LogP contribution in [0.3, 0.4) is 0 Å². The summed E-state index contributed by atoms with van der Waals surface area (Å²) in [5.74, 6) is 0. The lowest BCUT2D eigenvalue weighted by molar-refractivity contribution is 0.444. The average Bonchev–Trinajstić information content (AvgIpc) is 2.69. The number of nitrogens with zero attached hydrogens (tertiary/aromatic N) is 1. The molecule has 0 spiro atoms. The van der Waals surface area contributed by atoms with Gasteiger partial charge < -0.3 is 9.73 Å². The fourth-order valence-corrected chi connectivity index (χ4v) is 1.40. The van der Waals surface area contributed by atoms with Crippen molar-refractivity contribution in [3.63, 3.8) is 0 Å². The van der Waals surface area contributed by atoms with E-state index >= 15 is 0 Å². The molecule has 1 heterocycles. The van der Waals surface area contributed by atoms with Gasteiger partial charge in [0.15, 0.2) is 0 Å². The molecule has 2 atom stereocenters. The van der Waals surface area contributed by atoms with Crippen molar-refractivity contribution in [1.29, 1.82) is 5.26 Å².